The minimum atomic E-state index is -4.59. The molecule has 9 heteroatoms. The Bertz CT molecular complexity index is 908. The van der Waals surface area contributed by atoms with E-state index in [0.717, 1.165) is 0 Å². The Hall–Kier alpha value is -2.73. The van der Waals surface area contributed by atoms with Gasteiger partial charge in [0.1, 0.15) is 18.0 Å². The quantitative estimate of drug-likeness (QED) is 0.857. The maximum Gasteiger partial charge on any atom is 0.397 e. The molecule has 1 saturated heterocycles. The summed E-state index contributed by atoms with van der Waals surface area (Å²) in [6.45, 7) is 2.91. The number of nitriles is 1. The van der Waals surface area contributed by atoms with Gasteiger partial charge < -0.3 is 10.6 Å². The highest BCUT2D eigenvalue weighted by atomic mass is 19.4. The van der Waals surface area contributed by atoms with E-state index in [1.54, 1.807) is 12.1 Å². The third-order valence-corrected chi connectivity index (χ3v) is 4.62. The van der Waals surface area contributed by atoms with Crippen LogP contribution in [-0.2, 0) is 10.3 Å². The summed E-state index contributed by atoms with van der Waals surface area (Å²) < 4.78 is 38.0. The Kier molecular flexibility index (Phi) is 5.02. The van der Waals surface area contributed by atoms with Crippen molar-refractivity contribution in [2.45, 2.75) is 31.5 Å². The molecule has 0 radical (unpaired) electrons. The lowest BCUT2D eigenvalue weighted by Gasteiger charge is -2.42. The molecule has 0 spiro atoms. The number of halogens is 3. The highest BCUT2D eigenvalue weighted by Gasteiger charge is 2.42. The number of benzene rings is 1. The molecule has 2 N–H and O–H groups in total. The van der Waals surface area contributed by atoms with Gasteiger partial charge in [-0.2, -0.15) is 18.4 Å². The lowest BCUT2D eigenvalue weighted by molar-refractivity contribution is -0.155. The molecule has 6 nitrogen and oxygen atoms in total. The van der Waals surface area contributed by atoms with Crippen molar-refractivity contribution < 1.29 is 18.0 Å². The summed E-state index contributed by atoms with van der Waals surface area (Å²) in [5.74, 6) is -0.980. The maximum atomic E-state index is 12.7. The van der Waals surface area contributed by atoms with Crippen LogP contribution >= 0.6 is 0 Å². The van der Waals surface area contributed by atoms with E-state index in [-0.39, 0.29) is 12.5 Å². The van der Waals surface area contributed by atoms with Crippen LogP contribution in [0.5, 0.6) is 0 Å². The summed E-state index contributed by atoms with van der Waals surface area (Å²) in [4.78, 5) is 20.6. The lowest BCUT2D eigenvalue weighted by atomic mass is 9.78. The molecule has 2 heterocycles. The van der Waals surface area contributed by atoms with Crippen LogP contribution < -0.4 is 10.6 Å². The van der Waals surface area contributed by atoms with Crippen LogP contribution in [0.3, 0.4) is 0 Å². The van der Waals surface area contributed by atoms with E-state index in [4.69, 9.17) is 0 Å². The zero-order valence-electron chi connectivity index (χ0n) is 14.6. The number of fused-ring (bicyclic) bond motifs is 1. The van der Waals surface area contributed by atoms with E-state index in [0.29, 0.717) is 35.1 Å². The minimum absolute atomic E-state index is 0.118. The zero-order valence-corrected chi connectivity index (χ0v) is 14.6. The molecule has 0 saturated carbocycles. The molecule has 27 heavy (non-hydrogen) atoms. The lowest BCUT2D eigenvalue weighted by Crippen LogP contribution is -2.57. The number of carbonyl (C=O) groups excluding carboxylic acids is 1. The van der Waals surface area contributed by atoms with Crippen LogP contribution in [0.15, 0.2) is 24.5 Å². The van der Waals surface area contributed by atoms with Gasteiger partial charge in [-0.15, -0.1) is 0 Å². The fourth-order valence-corrected chi connectivity index (χ4v) is 3.67. The van der Waals surface area contributed by atoms with Gasteiger partial charge in [0.2, 0.25) is 5.91 Å². The Morgan fingerprint density at radius 1 is 1.37 bits per heavy atom. The number of rotatable bonds is 3. The molecule has 2 aromatic rings. The van der Waals surface area contributed by atoms with Crippen molar-refractivity contribution in [3.8, 4) is 6.07 Å². The molecule has 1 amide bonds. The van der Waals surface area contributed by atoms with Crippen LogP contribution in [0, 0.1) is 17.2 Å². The van der Waals surface area contributed by atoms with Crippen LogP contribution in [0.2, 0.25) is 0 Å². The molecule has 1 aliphatic rings. The van der Waals surface area contributed by atoms with Gasteiger partial charge in [-0.25, -0.2) is 0 Å². The number of aromatic nitrogens is 2. The van der Waals surface area contributed by atoms with Gasteiger partial charge >= 0.3 is 6.18 Å². The van der Waals surface area contributed by atoms with Gasteiger partial charge in [0.05, 0.1) is 16.6 Å². The number of alkyl halides is 3. The third kappa shape index (κ3) is 4.01. The number of hydrogen-bond acceptors (Lipinski definition) is 5. The maximum absolute atomic E-state index is 12.7. The number of amides is 1. The fourth-order valence-electron chi connectivity index (χ4n) is 3.67. The summed E-state index contributed by atoms with van der Waals surface area (Å²) in [5, 5.41) is 15.1. The van der Waals surface area contributed by atoms with Crippen molar-refractivity contribution in [3.05, 3.63) is 35.7 Å². The molecular weight excluding hydrogens is 359 g/mol. The Labute approximate surface area is 153 Å². The number of nitrogens with one attached hydrogen (secondary N) is 2. The van der Waals surface area contributed by atoms with Crippen molar-refractivity contribution >= 4 is 16.9 Å². The minimum Gasteiger partial charge on any atom is -0.345 e. The first-order valence-corrected chi connectivity index (χ1v) is 8.47. The predicted octanol–water partition coefficient (Wildman–Crippen LogP) is 2.39. The summed E-state index contributed by atoms with van der Waals surface area (Å²) in [7, 11) is 0. The second-order valence-electron chi connectivity index (χ2n) is 6.89. The summed E-state index contributed by atoms with van der Waals surface area (Å²) in [6.07, 6.45) is -2.79. The molecule has 1 aromatic carbocycles. The SMILES string of the molecule is C[C@@H]1CNC[C@](NC(=O)CC(F)(F)F)(c2ccc(C#N)c3nccnc23)C1. The first-order chi connectivity index (χ1) is 12.7. The first-order valence-electron chi connectivity index (χ1n) is 8.47. The van der Waals surface area contributed by atoms with Gasteiger partial charge in [-0.05, 0) is 24.9 Å². The Morgan fingerprint density at radius 2 is 2.07 bits per heavy atom. The van der Waals surface area contributed by atoms with E-state index in [2.05, 4.69) is 20.6 Å². The number of piperidine rings is 1. The van der Waals surface area contributed by atoms with Crippen LogP contribution in [0.1, 0.15) is 30.9 Å². The smallest absolute Gasteiger partial charge is 0.345 e. The van der Waals surface area contributed by atoms with E-state index in [1.807, 2.05) is 13.0 Å². The second-order valence-corrected chi connectivity index (χ2v) is 6.89. The number of nitrogens with zero attached hydrogens (tertiary/aromatic N) is 3. The van der Waals surface area contributed by atoms with E-state index < -0.39 is 24.0 Å². The van der Waals surface area contributed by atoms with Crippen LogP contribution in [0.25, 0.3) is 11.0 Å². The molecule has 3 rings (SSSR count). The van der Waals surface area contributed by atoms with Crippen molar-refractivity contribution in [3.63, 3.8) is 0 Å². The normalized spacial score (nSPS) is 23.0. The number of hydrogen-bond donors (Lipinski definition) is 2. The molecule has 2 atom stereocenters. The van der Waals surface area contributed by atoms with Gasteiger partial charge in [0.15, 0.2) is 0 Å². The predicted molar refractivity (Wildman–Crippen MR) is 91.4 cm³/mol. The molecular formula is C18H18F3N5O. The van der Waals surface area contributed by atoms with E-state index >= 15 is 0 Å². The summed E-state index contributed by atoms with van der Waals surface area (Å²) in [5.41, 5.74) is 0.567. The van der Waals surface area contributed by atoms with E-state index in [1.165, 1.54) is 12.4 Å². The topological polar surface area (TPSA) is 90.7 Å². The molecule has 142 valence electrons. The van der Waals surface area contributed by atoms with Crippen molar-refractivity contribution in [2.75, 3.05) is 13.1 Å². The molecule has 0 aliphatic carbocycles. The third-order valence-electron chi connectivity index (χ3n) is 4.62. The average Bonchev–Trinajstić information content (AvgIpc) is 2.59. The highest BCUT2D eigenvalue weighted by molar-refractivity contribution is 5.86. The van der Waals surface area contributed by atoms with Crippen LogP contribution in [-0.4, -0.2) is 35.1 Å². The van der Waals surface area contributed by atoms with Gasteiger partial charge in [0.25, 0.3) is 0 Å². The summed E-state index contributed by atoms with van der Waals surface area (Å²) in [6, 6.07) is 5.24. The largest absolute Gasteiger partial charge is 0.397 e. The van der Waals surface area contributed by atoms with Crippen molar-refractivity contribution in [1.82, 2.24) is 20.6 Å². The van der Waals surface area contributed by atoms with Crippen LogP contribution in [0.4, 0.5) is 13.2 Å². The fraction of sp³-hybridized carbons (Fsp3) is 0.444. The molecule has 1 aliphatic heterocycles. The second kappa shape index (κ2) is 7.12. The molecule has 0 bridgehead atoms. The Balaban J connectivity index is 2.11. The monoisotopic (exact) mass is 377 g/mol. The van der Waals surface area contributed by atoms with Crippen molar-refractivity contribution in [2.24, 2.45) is 5.92 Å². The molecule has 1 aromatic heterocycles. The first kappa shape index (κ1) is 19.0. The van der Waals surface area contributed by atoms with Gasteiger partial charge in [-0.1, -0.05) is 13.0 Å². The van der Waals surface area contributed by atoms with E-state index in [9.17, 15) is 23.2 Å². The highest BCUT2D eigenvalue weighted by Crippen LogP contribution is 2.36. The van der Waals surface area contributed by atoms with Crippen molar-refractivity contribution in [1.29, 1.82) is 5.26 Å². The standard InChI is InChI=1S/C18H18F3N5O/c1-11-6-17(10-23-9-11,26-14(27)7-18(19,20)21)13-3-2-12(8-22)15-16(13)25-5-4-24-15/h2-5,11,23H,6-7,9-10H2,1H3,(H,26,27)/t11-,17-/m0/s1. The summed E-state index contributed by atoms with van der Waals surface area (Å²) >= 11 is 0. The van der Waals surface area contributed by atoms with Gasteiger partial charge in [0, 0.05) is 24.5 Å². The molecule has 1 fully saturated rings. The zero-order chi connectivity index (χ0) is 19.7. The molecule has 0 unspecified atom stereocenters. The van der Waals surface area contributed by atoms with Gasteiger partial charge in [-0.3, -0.25) is 14.8 Å². The number of carbonyl (C=O) groups is 1. The average molecular weight is 377 g/mol. The Morgan fingerprint density at radius 3 is 2.70 bits per heavy atom.